The molecule has 5 aliphatic heterocycles. The predicted octanol–water partition coefficient (Wildman–Crippen LogP) is 3.24. The number of imide groups is 2. The number of aromatic nitrogens is 5. The Hall–Kier alpha value is -6.09. The van der Waals surface area contributed by atoms with Crippen molar-refractivity contribution in [2.75, 3.05) is 67.5 Å². The highest BCUT2D eigenvalue weighted by Crippen LogP contribution is 2.37. The lowest BCUT2D eigenvalue weighted by Gasteiger charge is -2.39. The first-order valence-electron chi connectivity index (χ1n) is 20.2. The van der Waals surface area contributed by atoms with Gasteiger partial charge in [-0.05, 0) is 56.2 Å². The van der Waals surface area contributed by atoms with Crippen molar-refractivity contribution in [2.24, 2.45) is 5.92 Å². The first kappa shape index (κ1) is 38.1. The van der Waals surface area contributed by atoms with Crippen LogP contribution in [0.5, 0.6) is 0 Å². The van der Waals surface area contributed by atoms with Gasteiger partial charge >= 0.3 is 6.03 Å². The van der Waals surface area contributed by atoms with E-state index in [4.69, 9.17) is 9.72 Å². The van der Waals surface area contributed by atoms with Gasteiger partial charge in [-0.3, -0.25) is 34.1 Å². The van der Waals surface area contributed by atoms with E-state index in [2.05, 4.69) is 30.6 Å². The Labute approximate surface area is 340 Å². The van der Waals surface area contributed by atoms with Gasteiger partial charge in [-0.15, -0.1) is 0 Å². The summed E-state index contributed by atoms with van der Waals surface area (Å²) in [6.45, 7) is 4.19. The Kier molecular flexibility index (Phi) is 9.45. The molecule has 1 saturated carbocycles. The van der Waals surface area contributed by atoms with Crippen molar-refractivity contribution in [1.29, 1.82) is 0 Å². The molecule has 2 bridgehead atoms. The Morgan fingerprint density at radius 3 is 2.50 bits per heavy atom. The number of alkyl halides is 2. The van der Waals surface area contributed by atoms with Crippen molar-refractivity contribution in [1.82, 2.24) is 44.6 Å². The van der Waals surface area contributed by atoms with Crippen LogP contribution in [0.15, 0.2) is 36.8 Å². The van der Waals surface area contributed by atoms with E-state index in [-0.39, 0.29) is 53.7 Å². The van der Waals surface area contributed by atoms with Crippen molar-refractivity contribution in [2.45, 2.75) is 63.1 Å². The van der Waals surface area contributed by atoms with E-state index >= 15 is 4.39 Å². The molecular formula is C39H41F3N12O6. The maximum atomic E-state index is 16.0. The van der Waals surface area contributed by atoms with E-state index in [1.165, 1.54) is 29.0 Å². The normalized spacial score (nSPS) is 24.7. The fraction of sp³-hybridized carbons (Fsp3) is 0.487. The molecule has 18 nitrogen and oxygen atoms in total. The average molecular weight is 831 g/mol. The molecule has 6 amide bonds. The zero-order valence-electron chi connectivity index (χ0n) is 32.3. The third-order valence-electron chi connectivity index (χ3n) is 12.7. The van der Waals surface area contributed by atoms with E-state index in [9.17, 15) is 32.8 Å². The summed E-state index contributed by atoms with van der Waals surface area (Å²) in [5, 5.41) is 14.7. The van der Waals surface area contributed by atoms with Crippen molar-refractivity contribution in [3.63, 3.8) is 0 Å². The third kappa shape index (κ3) is 6.59. The second kappa shape index (κ2) is 14.9. The number of ether oxygens (including phenoxy) is 1. The van der Waals surface area contributed by atoms with Gasteiger partial charge in [0.05, 0.1) is 60.0 Å². The van der Waals surface area contributed by atoms with Gasteiger partial charge in [-0.2, -0.15) is 15.2 Å². The van der Waals surface area contributed by atoms with E-state index in [0.29, 0.717) is 74.6 Å². The molecule has 4 saturated heterocycles. The number of morpholine rings is 1. The van der Waals surface area contributed by atoms with Crippen LogP contribution >= 0.6 is 0 Å². The van der Waals surface area contributed by atoms with E-state index in [0.717, 1.165) is 30.8 Å². The van der Waals surface area contributed by atoms with Crippen LogP contribution in [0.4, 0.5) is 35.2 Å². The summed E-state index contributed by atoms with van der Waals surface area (Å²) >= 11 is 0. The quantitative estimate of drug-likeness (QED) is 0.236. The summed E-state index contributed by atoms with van der Waals surface area (Å²) in [5.74, 6) is -2.69. The monoisotopic (exact) mass is 830 g/mol. The molecule has 8 heterocycles. The number of anilines is 3. The fourth-order valence-corrected chi connectivity index (χ4v) is 9.50. The summed E-state index contributed by atoms with van der Waals surface area (Å²) in [7, 11) is 0. The zero-order valence-corrected chi connectivity index (χ0v) is 32.3. The van der Waals surface area contributed by atoms with Gasteiger partial charge in [0.1, 0.15) is 11.4 Å². The number of nitrogens with zero attached hydrogens (tertiary/aromatic N) is 10. The maximum absolute atomic E-state index is 16.0. The number of urea groups is 1. The Morgan fingerprint density at radius 2 is 1.78 bits per heavy atom. The second-order valence-electron chi connectivity index (χ2n) is 16.2. The largest absolute Gasteiger partial charge is 0.374 e. The molecule has 5 fully saturated rings. The van der Waals surface area contributed by atoms with Crippen LogP contribution in [0, 0.1) is 11.7 Å². The van der Waals surface area contributed by atoms with Crippen molar-refractivity contribution in [3.8, 4) is 0 Å². The summed E-state index contributed by atoms with van der Waals surface area (Å²) in [6.07, 6.45) is 5.78. The molecular weight excluding hydrogens is 790 g/mol. The Bertz CT molecular complexity index is 2430. The van der Waals surface area contributed by atoms with Gasteiger partial charge < -0.3 is 19.9 Å². The number of carbonyl (C=O) groups is 5. The van der Waals surface area contributed by atoms with Crippen LogP contribution in [0.3, 0.4) is 0 Å². The summed E-state index contributed by atoms with van der Waals surface area (Å²) in [4.78, 5) is 74.8. The molecule has 10 rings (SSSR count). The molecule has 0 spiro atoms. The topological polar surface area (TPSA) is 183 Å². The number of amides is 6. The molecule has 1 aromatic carbocycles. The van der Waals surface area contributed by atoms with Crippen molar-refractivity contribution >= 4 is 52.5 Å². The van der Waals surface area contributed by atoms with Gasteiger partial charge in [-0.1, -0.05) is 0 Å². The highest BCUT2D eigenvalue weighted by molar-refractivity contribution is 6.22. The van der Waals surface area contributed by atoms with Gasteiger partial charge in [-0.25, -0.2) is 32.5 Å². The number of hydrogen-bond acceptors (Lipinski definition) is 12. The van der Waals surface area contributed by atoms with E-state index in [1.807, 2.05) is 11.0 Å². The van der Waals surface area contributed by atoms with Crippen LogP contribution in [-0.2, 0) is 9.53 Å². The molecule has 4 aromatic rings. The molecule has 3 aromatic heterocycles. The summed E-state index contributed by atoms with van der Waals surface area (Å²) in [6, 6.07) is 3.89. The predicted molar refractivity (Wildman–Crippen MR) is 205 cm³/mol. The molecule has 0 unspecified atom stereocenters. The van der Waals surface area contributed by atoms with Crippen LogP contribution in [0.2, 0.25) is 0 Å². The molecule has 0 radical (unpaired) electrons. The molecule has 314 valence electrons. The van der Waals surface area contributed by atoms with Crippen molar-refractivity contribution in [3.05, 3.63) is 65.0 Å². The van der Waals surface area contributed by atoms with Gasteiger partial charge in [0.25, 0.3) is 24.1 Å². The first-order chi connectivity index (χ1) is 29.0. The number of fused-ring (bicyclic) bond motifs is 4. The lowest BCUT2D eigenvalue weighted by molar-refractivity contribution is -0.122. The van der Waals surface area contributed by atoms with E-state index < -0.39 is 53.2 Å². The highest BCUT2D eigenvalue weighted by Gasteiger charge is 2.46. The van der Waals surface area contributed by atoms with Crippen LogP contribution in [0.1, 0.15) is 87.8 Å². The number of halogens is 3. The van der Waals surface area contributed by atoms with Gasteiger partial charge in [0.15, 0.2) is 17.2 Å². The van der Waals surface area contributed by atoms with Crippen LogP contribution < -0.4 is 20.4 Å². The number of hydrazine groups is 1. The van der Waals surface area contributed by atoms with Crippen LogP contribution in [-0.4, -0.2) is 134 Å². The number of piperazine rings is 1. The minimum Gasteiger partial charge on any atom is -0.374 e. The number of nitrogens with one attached hydrogen (secondary N) is 2. The molecule has 6 aliphatic rings. The van der Waals surface area contributed by atoms with E-state index in [1.54, 1.807) is 10.9 Å². The fourth-order valence-electron chi connectivity index (χ4n) is 9.50. The van der Waals surface area contributed by atoms with Gasteiger partial charge in [0, 0.05) is 58.1 Å². The number of rotatable bonds is 9. The molecule has 60 heavy (non-hydrogen) atoms. The molecule has 1 aliphatic carbocycles. The molecule has 2 atom stereocenters. The van der Waals surface area contributed by atoms with Gasteiger partial charge in [0.2, 0.25) is 5.91 Å². The molecule has 21 heteroatoms. The second-order valence-corrected chi connectivity index (χ2v) is 16.2. The standard InChI is InChI=1S/C39H41F3N12O6/c40-32-28(6-5-25-31(32)38(58)54(37(25)57)53-10-8-30(55)46-39(53)59)49-13-11-48(12-14-49)17-21-1-3-22(4-2-21)52-19-27(33(47-52)34(41)42)44-36(56)26-16-43-51-9-7-29(45-35(26)51)50-18-24-15-23(50)20-60-24/h5-7,9,16,19,21-24,34H,1-4,8,10-15,17-18,20H2,(H,44,56)(H,46,55,59)/t21?,22?,23-,24-/m1/s1. The highest BCUT2D eigenvalue weighted by atomic mass is 19.3. The van der Waals surface area contributed by atoms with Crippen molar-refractivity contribution < 1.29 is 41.9 Å². The smallest absolute Gasteiger partial charge is 0.343 e. The Morgan fingerprint density at radius 1 is 0.983 bits per heavy atom. The number of hydrogen-bond donors (Lipinski definition) is 2. The zero-order chi connectivity index (χ0) is 41.4. The first-order valence-corrected chi connectivity index (χ1v) is 20.2. The molecule has 2 N–H and O–H groups in total. The SMILES string of the molecule is O=C1CCN(N2C(=O)c3ccc(N4CCN(CC5CCC(n6cc(NC(=O)c7cnn8ccc(N9C[C@H]%10C[C@@H]9CO%10)nc78)c(C(F)F)n6)CC5)CC4)c(F)c3C2=O)C(=O)N1. The summed E-state index contributed by atoms with van der Waals surface area (Å²) < 4.78 is 53.3. The number of carbonyl (C=O) groups excluding carboxylic acids is 5. The minimum atomic E-state index is -2.91. The third-order valence-corrected chi connectivity index (χ3v) is 12.7. The van der Waals surface area contributed by atoms with Crippen LogP contribution in [0.25, 0.3) is 5.65 Å². The average Bonchev–Trinajstić information content (AvgIpc) is 4.09. The minimum absolute atomic E-state index is 0.0558. The summed E-state index contributed by atoms with van der Waals surface area (Å²) in [5.41, 5.74) is -0.418. The lowest BCUT2D eigenvalue weighted by Crippen LogP contribution is -2.58. The number of benzene rings is 1. The maximum Gasteiger partial charge on any atom is 0.343 e. The Balaban J connectivity index is 0.740. The lowest BCUT2D eigenvalue weighted by atomic mass is 9.85.